The van der Waals surface area contributed by atoms with Crippen LogP contribution in [0.5, 0.6) is 0 Å². The first-order valence-corrected chi connectivity index (χ1v) is 6.77. The standard InChI is InChI=1S/C15H22N4O/c1-15(2,8-9-20-3)10-17-13-11-6-4-5-7-12(11)18-14(16)19-13/h4-7H,8-10H2,1-3H3,(H3,16,17,18,19). The van der Waals surface area contributed by atoms with Crippen LogP contribution in [-0.2, 0) is 4.74 Å². The number of hydrogen-bond donors (Lipinski definition) is 2. The SMILES string of the molecule is COCCC(C)(C)CNc1nc(N)nc2ccccc12. The Morgan fingerprint density at radius 1 is 1.25 bits per heavy atom. The van der Waals surface area contributed by atoms with Crippen molar-refractivity contribution >= 4 is 22.7 Å². The number of nitrogen functional groups attached to an aromatic ring is 1. The van der Waals surface area contributed by atoms with Crippen molar-refractivity contribution < 1.29 is 4.74 Å². The average Bonchev–Trinajstić information content (AvgIpc) is 2.42. The van der Waals surface area contributed by atoms with Crippen LogP contribution < -0.4 is 11.1 Å². The largest absolute Gasteiger partial charge is 0.385 e. The molecule has 0 aliphatic carbocycles. The summed E-state index contributed by atoms with van der Waals surface area (Å²) in [6.07, 6.45) is 0.981. The molecule has 5 nitrogen and oxygen atoms in total. The molecule has 0 unspecified atom stereocenters. The van der Waals surface area contributed by atoms with E-state index >= 15 is 0 Å². The number of nitrogens with two attached hydrogens (primary N) is 1. The Morgan fingerprint density at radius 3 is 2.75 bits per heavy atom. The smallest absolute Gasteiger partial charge is 0.222 e. The van der Waals surface area contributed by atoms with Crippen molar-refractivity contribution in [3.63, 3.8) is 0 Å². The molecule has 1 heterocycles. The lowest BCUT2D eigenvalue weighted by Gasteiger charge is -2.25. The minimum absolute atomic E-state index is 0.122. The predicted molar refractivity (Wildman–Crippen MR) is 82.7 cm³/mol. The van der Waals surface area contributed by atoms with E-state index in [1.54, 1.807) is 7.11 Å². The summed E-state index contributed by atoms with van der Waals surface area (Å²) < 4.78 is 5.15. The van der Waals surface area contributed by atoms with Gasteiger partial charge in [-0.2, -0.15) is 4.98 Å². The van der Waals surface area contributed by atoms with Gasteiger partial charge in [0.25, 0.3) is 0 Å². The van der Waals surface area contributed by atoms with Crippen molar-refractivity contribution in [2.45, 2.75) is 20.3 Å². The van der Waals surface area contributed by atoms with E-state index in [1.165, 1.54) is 0 Å². The van der Waals surface area contributed by atoms with Crippen molar-refractivity contribution in [2.24, 2.45) is 5.41 Å². The van der Waals surface area contributed by atoms with Gasteiger partial charge in [0.05, 0.1) is 5.52 Å². The number of hydrogen-bond acceptors (Lipinski definition) is 5. The average molecular weight is 274 g/mol. The van der Waals surface area contributed by atoms with Crippen molar-refractivity contribution in [3.8, 4) is 0 Å². The second-order valence-electron chi connectivity index (χ2n) is 5.71. The Bertz CT molecular complexity index is 583. The molecular weight excluding hydrogens is 252 g/mol. The van der Waals surface area contributed by atoms with Crippen molar-refractivity contribution in [1.82, 2.24) is 9.97 Å². The summed E-state index contributed by atoms with van der Waals surface area (Å²) in [5, 5.41) is 4.38. The lowest BCUT2D eigenvalue weighted by molar-refractivity contribution is 0.157. The molecule has 0 aliphatic rings. The minimum atomic E-state index is 0.122. The highest BCUT2D eigenvalue weighted by Gasteiger charge is 2.18. The lowest BCUT2D eigenvalue weighted by Crippen LogP contribution is -2.25. The Kier molecular flexibility index (Phi) is 4.39. The molecule has 0 saturated carbocycles. The third-order valence-electron chi connectivity index (χ3n) is 3.34. The van der Waals surface area contributed by atoms with Gasteiger partial charge >= 0.3 is 0 Å². The predicted octanol–water partition coefficient (Wildman–Crippen LogP) is 2.69. The number of fused-ring (bicyclic) bond motifs is 1. The maximum absolute atomic E-state index is 5.76. The molecular formula is C15H22N4O. The fraction of sp³-hybridized carbons (Fsp3) is 0.467. The maximum Gasteiger partial charge on any atom is 0.222 e. The molecule has 5 heteroatoms. The third kappa shape index (κ3) is 3.57. The zero-order valence-corrected chi connectivity index (χ0v) is 12.3. The van der Waals surface area contributed by atoms with Gasteiger partial charge in [-0.15, -0.1) is 0 Å². The lowest BCUT2D eigenvalue weighted by atomic mass is 9.90. The highest BCUT2D eigenvalue weighted by Crippen LogP contribution is 2.24. The number of rotatable bonds is 6. The number of nitrogens with one attached hydrogen (secondary N) is 1. The number of benzene rings is 1. The van der Waals surface area contributed by atoms with Crippen LogP contribution in [0.3, 0.4) is 0 Å². The highest BCUT2D eigenvalue weighted by atomic mass is 16.5. The van der Waals surface area contributed by atoms with E-state index in [1.807, 2.05) is 24.3 Å². The van der Waals surface area contributed by atoms with Crippen LogP contribution in [0, 0.1) is 5.41 Å². The Labute approximate surface area is 119 Å². The molecule has 0 spiro atoms. The van der Waals surface area contributed by atoms with E-state index in [0.717, 1.165) is 36.3 Å². The maximum atomic E-state index is 5.76. The van der Waals surface area contributed by atoms with E-state index in [0.29, 0.717) is 5.95 Å². The molecule has 0 fully saturated rings. The van der Waals surface area contributed by atoms with E-state index in [2.05, 4.69) is 29.1 Å². The molecule has 3 N–H and O–H groups in total. The van der Waals surface area contributed by atoms with E-state index in [9.17, 15) is 0 Å². The number of ether oxygens (including phenoxy) is 1. The normalized spacial score (nSPS) is 11.8. The first kappa shape index (κ1) is 14.5. The monoisotopic (exact) mass is 274 g/mol. The molecule has 0 atom stereocenters. The van der Waals surface area contributed by atoms with Gasteiger partial charge in [0.1, 0.15) is 5.82 Å². The third-order valence-corrected chi connectivity index (χ3v) is 3.34. The number of methoxy groups -OCH3 is 1. The first-order chi connectivity index (χ1) is 9.52. The Morgan fingerprint density at radius 2 is 2.00 bits per heavy atom. The van der Waals surface area contributed by atoms with Crippen molar-refractivity contribution in [2.75, 3.05) is 31.3 Å². The van der Waals surface area contributed by atoms with Gasteiger partial charge in [-0.05, 0) is 24.0 Å². The number of aromatic nitrogens is 2. The molecule has 0 aliphatic heterocycles. The first-order valence-electron chi connectivity index (χ1n) is 6.77. The number of anilines is 2. The quantitative estimate of drug-likeness (QED) is 0.847. The van der Waals surface area contributed by atoms with Gasteiger partial charge in [0.2, 0.25) is 5.95 Å². The van der Waals surface area contributed by atoms with Gasteiger partial charge in [0.15, 0.2) is 0 Å². The molecule has 0 bridgehead atoms. The van der Waals surface area contributed by atoms with Crippen LogP contribution in [0.2, 0.25) is 0 Å². The topological polar surface area (TPSA) is 73.1 Å². The van der Waals surface area contributed by atoms with Crippen LogP contribution in [0.15, 0.2) is 24.3 Å². The summed E-state index contributed by atoms with van der Waals surface area (Å²) in [6.45, 7) is 5.95. The summed E-state index contributed by atoms with van der Waals surface area (Å²) in [7, 11) is 1.72. The van der Waals surface area contributed by atoms with Gasteiger partial charge in [-0.1, -0.05) is 26.0 Å². The van der Waals surface area contributed by atoms with Crippen molar-refractivity contribution in [3.05, 3.63) is 24.3 Å². The minimum Gasteiger partial charge on any atom is -0.385 e. The fourth-order valence-electron chi connectivity index (χ4n) is 2.02. The fourth-order valence-corrected chi connectivity index (χ4v) is 2.02. The van der Waals surface area contributed by atoms with E-state index < -0.39 is 0 Å². The van der Waals surface area contributed by atoms with Gasteiger partial charge in [-0.25, -0.2) is 4.98 Å². The molecule has 0 amide bonds. The molecule has 2 aromatic rings. The Balaban J connectivity index is 2.17. The van der Waals surface area contributed by atoms with Gasteiger partial charge in [0, 0.05) is 25.6 Å². The van der Waals surface area contributed by atoms with Crippen molar-refractivity contribution in [1.29, 1.82) is 0 Å². The molecule has 0 saturated heterocycles. The molecule has 20 heavy (non-hydrogen) atoms. The summed E-state index contributed by atoms with van der Waals surface area (Å²) in [5.41, 5.74) is 6.74. The summed E-state index contributed by atoms with van der Waals surface area (Å²) in [6, 6.07) is 7.86. The van der Waals surface area contributed by atoms with E-state index in [-0.39, 0.29) is 5.41 Å². The molecule has 1 aromatic carbocycles. The number of para-hydroxylation sites is 1. The van der Waals surface area contributed by atoms with Gasteiger partial charge in [-0.3, -0.25) is 0 Å². The molecule has 1 aromatic heterocycles. The molecule has 108 valence electrons. The Hall–Kier alpha value is -1.88. The van der Waals surface area contributed by atoms with Crippen LogP contribution in [0.1, 0.15) is 20.3 Å². The van der Waals surface area contributed by atoms with Crippen LogP contribution >= 0.6 is 0 Å². The van der Waals surface area contributed by atoms with E-state index in [4.69, 9.17) is 10.5 Å². The van der Waals surface area contributed by atoms with Crippen LogP contribution in [0.4, 0.5) is 11.8 Å². The summed E-state index contributed by atoms with van der Waals surface area (Å²) in [4.78, 5) is 8.55. The molecule has 2 rings (SSSR count). The number of nitrogens with zero attached hydrogens (tertiary/aromatic N) is 2. The van der Waals surface area contributed by atoms with Crippen LogP contribution in [0.25, 0.3) is 10.9 Å². The second-order valence-corrected chi connectivity index (χ2v) is 5.71. The zero-order valence-electron chi connectivity index (χ0n) is 12.3. The summed E-state index contributed by atoms with van der Waals surface area (Å²) in [5.74, 6) is 1.08. The van der Waals surface area contributed by atoms with Gasteiger partial charge < -0.3 is 15.8 Å². The van der Waals surface area contributed by atoms with Crippen LogP contribution in [-0.4, -0.2) is 30.2 Å². The summed E-state index contributed by atoms with van der Waals surface area (Å²) >= 11 is 0. The second kappa shape index (κ2) is 6.05. The zero-order chi connectivity index (χ0) is 14.6. The molecule has 0 radical (unpaired) electrons. The highest BCUT2D eigenvalue weighted by molar-refractivity contribution is 5.89.